The number of likely N-dealkylation sites (N-methyl/N-ethyl adjacent to an activating group) is 4. The second kappa shape index (κ2) is 19.6. The fourth-order valence-corrected chi connectivity index (χ4v) is 5.85. The van der Waals surface area contributed by atoms with Crippen molar-refractivity contribution in [1.82, 2.24) is 35.6 Å². The number of rotatable bonds is 8. The molecule has 5 unspecified atom stereocenters. The van der Waals surface area contributed by atoms with E-state index in [1.807, 2.05) is 55.4 Å². The van der Waals surface area contributed by atoms with Gasteiger partial charge in [-0.05, 0) is 56.8 Å². The molecule has 0 aromatic heterocycles. The monoisotopic (exact) mass is 707 g/mol. The molecule has 1 heterocycles. The van der Waals surface area contributed by atoms with Gasteiger partial charge in [-0.25, -0.2) is 0 Å². The predicted octanol–water partition coefficient (Wildman–Crippen LogP) is 1.62. The Morgan fingerprint density at radius 1 is 0.580 bits per heavy atom. The van der Waals surface area contributed by atoms with Gasteiger partial charge < -0.3 is 35.6 Å². The normalized spacial score (nSPS) is 27.1. The number of nitrogens with one attached hydrogen (secondary N) is 3. The third-order valence-corrected chi connectivity index (χ3v) is 9.64. The van der Waals surface area contributed by atoms with Crippen molar-refractivity contribution >= 4 is 41.4 Å². The van der Waals surface area contributed by atoms with E-state index < -0.39 is 77.6 Å². The van der Waals surface area contributed by atoms with Crippen LogP contribution >= 0.6 is 0 Å². The predicted molar refractivity (Wildman–Crippen MR) is 192 cm³/mol. The summed E-state index contributed by atoms with van der Waals surface area (Å²) >= 11 is 0. The second-order valence-electron chi connectivity index (χ2n) is 15.3. The smallest absolute Gasteiger partial charge is 0.245 e. The molecule has 14 heteroatoms. The van der Waals surface area contributed by atoms with Gasteiger partial charge in [-0.1, -0.05) is 61.8 Å². The third-order valence-electron chi connectivity index (χ3n) is 9.64. The standard InChI is InChI=1S/C36H65N7O7/c1-15-23(8)30-36(50)40(11)19-29(44)43(14)28(18-22(6)7)33(47)38-27(17-21(4)5)35(49)42(13)25(10)34(48)41(12)24(9)31(45)37-26(16-20(2)3)32(46)39-30/h20-28,30H,15-19H2,1-14H3,(H,37,45)(H,38,47)(H,39,46)/t23-,24?,25-,26?,27?,28?,30?/m0/s1. The van der Waals surface area contributed by atoms with E-state index >= 15 is 0 Å². The number of amides is 7. The zero-order chi connectivity index (χ0) is 38.8. The molecule has 0 saturated carbocycles. The lowest BCUT2D eigenvalue weighted by molar-refractivity contribution is -0.148. The van der Waals surface area contributed by atoms with Gasteiger partial charge in [0.05, 0.1) is 6.54 Å². The highest BCUT2D eigenvalue weighted by molar-refractivity contribution is 5.97. The fourth-order valence-electron chi connectivity index (χ4n) is 5.85. The molecule has 0 spiro atoms. The van der Waals surface area contributed by atoms with Crippen LogP contribution in [0.1, 0.15) is 94.9 Å². The van der Waals surface area contributed by atoms with Gasteiger partial charge >= 0.3 is 0 Å². The molecular weight excluding hydrogens is 642 g/mol. The minimum absolute atomic E-state index is 0.000614. The van der Waals surface area contributed by atoms with E-state index in [-0.39, 0.29) is 43.1 Å². The Balaban J connectivity index is 3.79. The molecule has 1 fully saturated rings. The Bertz CT molecular complexity index is 1220. The summed E-state index contributed by atoms with van der Waals surface area (Å²) in [4.78, 5) is 101. The Morgan fingerprint density at radius 2 is 1.06 bits per heavy atom. The Kier molecular flexibility index (Phi) is 17.4. The van der Waals surface area contributed by atoms with Gasteiger partial charge in [0, 0.05) is 28.2 Å². The minimum atomic E-state index is -1.01. The number of hydrogen-bond donors (Lipinski definition) is 3. The van der Waals surface area contributed by atoms with Gasteiger partial charge in [0.25, 0.3) is 0 Å². The molecule has 1 aliphatic heterocycles. The summed E-state index contributed by atoms with van der Waals surface area (Å²) < 4.78 is 0. The molecule has 0 aromatic carbocycles. The summed E-state index contributed by atoms with van der Waals surface area (Å²) in [6, 6.07) is -5.94. The van der Waals surface area contributed by atoms with Crippen molar-refractivity contribution in [3.8, 4) is 0 Å². The first-order valence-corrected chi connectivity index (χ1v) is 18.0. The van der Waals surface area contributed by atoms with Crippen molar-refractivity contribution in [3.05, 3.63) is 0 Å². The molecule has 1 saturated heterocycles. The summed E-state index contributed by atoms with van der Waals surface area (Å²) in [6.07, 6.45) is 1.39. The lowest BCUT2D eigenvalue weighted by Crippen LogP contribution is -2.59. The van der Waals surface area contributed by atoms with Gasteiger partial charge in [-0.15, -0.1) is 0 Å². The van der Waals surface area contributed by atoms with Gasteiger partial charge in [0.2, 0.25) is 41.4 Å². The van der Waals surface area contributed by atoms with Crippen molar-refractivity contribution in [2.45, 2.75) is 131 Å². The molecule has 1 rings (SSSR count). The van der Waals surface area contributed by atoms with Crippen LogP contribution in [0.2, 0.25) is 0 Å². The second-order valence-corrected chi connectivity index (χ2v) is 15.3. The van der Waals surface area contributed by atoms with Gasteiger partial charge in [0.15, 0.2) is 0 Å². The zero-order valence-corrected chi connectivity index (χ0v) is 33.0. The molecule has 50 heavy (non-hydrogen) atoms. The SMILES string of the molecule is CC[C@H](C)C1NC(=O)C(CC(C)C)NC(=O)C(C)N(C)C(=O)[C@H](C)N(C)C(=O)C(CC(C)C)NC(=O)C(CC(C)C)N(C)C(=O)CN(C)C1=O. The van der Waals surface area contributed by atoms with E-state index in [0.717, 1.165) is 0 Å². The van der Waals surface area contributed by atoms with Crippen molar-refractivity contribution in [1.29, 1.82) is 0 Å². The van der Waals surface area contributed by atoms with Gasteiger partial charge in [0.1, 0.15) is 36.3 Å². The summed E-state index contributed by atoms with van der Waals surface area (Å²) in [5, 5.41) is 8.47. The Morgan fingerprint density at radius 3 is 1.56 bits per heavy atom. The minimum Gasteiger partial charge on any atom is -0.343 e. The number of carbonyl (C=O) groups is 7. The largest absolute Gasteiger partial charge is 0.343 e. The van der Waals surface area contributed by atoms with Crippen LogP contribution in [0, 0.1) is 23.7 Å². The molecule has 7 atom stereocenters. The average Bonchev–Trinajstić information content (AvgIpc) is 3.04. The Labute approximate surface area is 299 Å². The van der Waals surface area contributed by atoms with Crippen LogP contribution in [0.4, 0.5) is 0 Å². The summed E-state index contributed by atoms with van der Waals surface area (Å²) in [5.41, 5.74) is 0. The van der Waals surface area contributed by atoms with Crippen LogP contribution < -0.4 is 16.0 Å². The van der Waals surface area contributed by atoms with Crippen molar-refractivity contribution in [2.24, 2.45) is 23.7 Å². The summed E-state index contributed by atoms with van der Waals surface area (Å²) in [7, 11) is 5.90. The molecule has 0 bridgehead atoms. The van der Waals surface area contributed by atoms with E-state index in [9.17, 15) is 33.6 Å². The molecule has 0 aliphatic carbocycles. The van der Waals surface area contributed by atoms with E-state index in [4.69, 9.17) is 0 Å². The van der Waals surface area contributed by atoms with Crippen molar-refractivity contribution in [3.63, 3.8) is 0 Å². The molecule has 3 N–H and O–H groups in total. The fraction of sp³-hybridized carbons (Fsp3) is 0.806. The quantitative estimate of drug-likeness (QED) is 0.345. The highest BCUT2D eigenvalue weighted by Gasteiger charge is 2.38. The van der Waals surface area contributed by atoms with Crippen molar-refractivity contribution in [2.75, 3.05) is 34.7 Å². The van der Waals surface area contributed by atoms with Crippen LogP contribution in [-0.4, -0.2) is 132 Å². The average molecular weight is 708 g/mol. The molecule has 1 aliphatic rings. The van der Waals surface area contributed by atoms with Crippen molar-refractivity contribution < 1.29 is 33.6 Å². The van der Waals surface area contributed by atoms with E-state index in [1.165, 1.54) is 54.7 Å². The van der Waals surface area contributed by atoms with Crippen LogP contribution in [0.5, 0.6) is 0 Å². The van der Waals surface area contributed by atoms with Crippen LogP contribution in [0.25, 0.3) is 0 Å². The van der Waals surface area contributed by atoms with E-state index in [0.29, 0.717) is 12.8 Å². The summed E-state index contributed by atoms with van der Waals surface area (Å²) in [5.74, 6) is -3.95. The molecular formula is C36H65N7O7. The molecule has 0 aromatic rings. The molecule has 14 nitrogen and oxygen atoms in total. The van der Waals surface area contributed by atoms with Crippen LogP contribution in [-0.2, 0) is 33.6 Å². The maximum absolute atomic E-state index is 13.9. The maximum atomic E-state index is 13.9. The lowest BCUT2D eigenvalue weighted by Gasteiger charge is -2.35. The first-order valence-electron chi connectivity index (χ1n) is 18.0. The third kappa shape index (κ3) is 12.3. The first kappa shape index (κ1) is 44.3. The summed E-state index contributed by atoms with van der Waals surface area (Å²) in [6.45, 7) is 17.9. The lowest BCUT2D eigenvalue weighted by atomic mass is 9.96. The zero-order valence-electron chi connectivity index (χ0n) is 33.0. The number of nitrogens with zero attached hydrogens (tertiary/aromatic N) is 4. The van der Waals surface area contributed by atoms with E-state index in [2.05, 4.69) is 16.0 Å². The maximum Gasteiger partial charge on any atom is 0.245 e. The Hall–Kier alpha value is -3.71. The number of hydrogen-bond acceptors (Lipinski definition) is 7. The topological polar surface area (TPSA) is 169 Å². The molecule has 0 radical (unpaired) electrons. The van der Waals surface area contributed by atoms with E-state index in [1.54, 1.807) is 6.92 Å². The first-order chi connectivity index (χ1) is 23.0. The number of carbonyl (C=O) groups excluding carboxylic acids is 7. The van der Waals surface area contributed by atoms with Crippen LogP contribution in [0.3, 0.4) is 0 Å². The molecule has 286 valence electrons. The van der Waals surface area contributed by atoms with Crippen LogP contribution in [0.15, 0.2) is 0 Å². The van der Waals surface area contributed by atoms with Gasteiger partial charge in [-0.3, -0.25) is 33.6 Å². The highest BCUT2D eigenvalue weighted by Crippen LogP contribution is 2.17. The highest BCUT2D eigenvalue weighted by atomic mass is 16.2. The molecule has 7 amide bonds. The van der Waals surface area contributed by atoms with Gasteiger partial charge in [-0.2, -0.15) is 0 Å².